The minimum absolute atomic E-state index is 0.0144. The molecule has 3 N–H and O–H groups in total. The van der Waals surface area contributed by atoms with Crippen LogP contribution in [-0.2, 0) is 21.2 Å². The number of nitrogens with one attached hydrogen (secondary N) is 1. The Morgan fingerprint density at radius 3 is 2.76 bits per heavy atom. The van der Waals surface area contributed by atoms with Gasteiger partial charge in [-0.1, -0.05) is 12.5 Å². The zero-order chi connectivity index (χ0) is 29.5. The number of anilines is 1. The van der Waals surface area contributed by atoms with Crippen LogP contribution in [0.3, 0.4) is 0 Å². The second-order valence-corrected chi connectivity index (χ2v) is 11.0. The van der Waals surface area contributed by atoms with E-state index in [4.69, 9.17) is 10.5 Å². The topological polar surface area (TPSA) is 120 Å². The van der Waals surface area contributed by atoms with E-state index in [1.807, 2.05) is 6.92 Å². The van der Waals surface area contributed by atoms with E-state index in [0.29, 0.717) is 30.2 Å². The van der Waals surface area contributed by atoms with Gasteiger partial charge in [0.25, 0.3) is 5.91 Å². The van der Waals surface area contributed by atoms with Gasteiger partial charge in [-0.05, 0) is 37.7 Å². The largest absolute Gasteiger partial charge is 0.503 e. The van der Waals surface area contributed by atoms with E-state index < -0.39 is 28.3 Å². The number of rotatable bonds is 8. The van der Waals surface area contributed by atoms with E-state index in [1.54, 1.807) is 4.57 Å². The van der Waals surface area contributed by atoms with Crippen molar-refractivity contribution in [1.29, 1.82) is 0 Å². The first-order chi connectivity index (χ1) is 19.6. The molecule has 10 nitrogen and oxygen atoms in total. The van der Waals surface area contributed by atoms with Crippen LogP contribution in [0.25, 0.3) is 11.0 Å². The summed E-state index contributed by atoms with van der Waals surface area (Å²) in [6.07, 6.45) is 6.37. The summed E-state index contributed by atoms with van der Waals surface area (Å²) in [5, 5.41) is 6.82. The van der Waals surface area contributed by atoms with Gasteiger partial charge in [0.2, 0.25) is 5.91 Å². The Labute approximate surface area is 238 Å². The summed E-state index contributed by atoms with van der Waals surface area (Å²) in [5.74, 6) is 2.93. The molecule has 0 spiro atoms. The number of aryl methyl sites for hydroxylation is 1. The number of allylic oxidation sites excluding steroid dienone is 1. The fourth-order valence-electron chi connectivity index (χ4n) is 4.92. The molecule has 211 valence electrons. The maximum atomic E-state index is 15.3. The van der Waals surface area contributed by atoms with Crippen LogP contribution in [0.2, 0.25) is 0 Å². The van der Waals surface area contributed by atoms with Gasteiger partial charge in [-0.3, -0.25) is 9.59 Å². The first kappa shape index (κ1) is 28.1. The summed E-state index contributed by atoms with van der Waals surface area (Å²) in [5.41, 5.74) is 6.04. The van der Waals surface area contributed by atoms with Crippen LogP contribution < -0.4 is 11.1 Å². The molecule has 1 aliphatic heterocycles. The van der Waals surface area contributed by atoms with Crippen molar-refractivity contribution in [3.8, 4) is 11.8 Å². The normalized spacial score (nSPS) is 19.3. The van der Waals surface area contributed by atoms with E-state index in [9.17, 15) is 9.59 Å². The molecule has 1 atom stereocenters. The van der Waals surface area contributed by atoms with E-state index >= 15 is 8.78 Å². The first-order valence-electron chi connectivity index (χ1n) is 13.0. The molecule has 1 aromatic carbocycles. The third-order valence-corrected chi connectivity index (χ3v) is 7.73. The standard InChI is InChI=1S/C28H28F2N7O3Si/c1-4-22(38)36-14-28(41,11-17(36)13-40-3)37-27(32-12-16-6-7-16)23(26(31)39)20(34-37)9-8-18-19(29)10-21-25(24(18)30)33-15-35(21)5-2/h4,10,13,15-16,32H,1,5-7,11-12,14H2,2-3H3,(H2,31,39)/b17-13+/t28-/m1/s1. The molecule has 0 bridgehead atoms. The summed E-state index contributed by atoms with van der Waals surface area (Å²) >= 11 is 0. The predicted molar refractivity (Wildman–Crippen MR) is 149 cm³/mol. The van der Waals surface area contributed by atoms with Crippen LogP contribution in [0.5, 0.6) is 0 Å². The lowest BCUT2D eigenvalue weighted by Gasteiger charge is -2.27. The number of halogens is 2. The third-order valence-electron chi connectivity index (χ3n) is 7.18. The number of likely N-dealkylation sites (tertiary alicyclic amines) is 1. The molecule has 2 aromatic heterocycles. The van der Waals surface area contributed by atoms with Crippen LogP contribution in [0.1, 0.15) is 47.8 Å². The molecular weight excluding hydrogens is 548 g/mol. The van der Waals surface area contributed by atoms with Gasteiger partial charge >= 0.3 is 0 Å². The molecule has 0 unspecified atom stereocenters. The molecule has 2 amide bonds. The molecule has 3 radical (unpaired) electrons. The minimum Gasteiger partial charge on any atom is -0.503 e. The maximum absolute atomic E-state index is 15.3. The highest BCUT2D eigenvalue weighted by atomic mass is 28.1. The smallest absolute Gasteiger partial charge is 0.255 e. The number of hydrogen-bond donors (Lipinski definition) is 2. The minimum atomic E-state index is -1.04. The van der Waals surface area contributed by atoms with Crippen LogP contribution >= 0.6 is 0 Å². The zero-order valence-corrected chi connectivity index (χ0v) is 23.6. The van der Waals surface area contributed by atoms with E-state index in [2.05, 4.69) is 44.1 Å². The average molecular weight is 577 g/mol. The summed E-state index contributed by atoms with van der Waals surface area (Å²) in [7, 11) is 5.27. The third kappa shape index (κ3) is 5.11. The summed E-state index contributed by atoms with van der Waals surface area (Å²) in [6, 6.07) is 1.18. The van der Waals surface area contributed by atoms with Gasteiger partial charge in [0.15, 0.2) is 11.5 Å². The Bertz CT molecular complexity index is 1660. The van der Waals surface area contributed by atoms with Crippen molar-refractivity contribution in [3.05, 3.63) is 65.5 Å². The number of carbonyl (C=O) groups is 2. The number of ether oxygens (including phenoxy) is 1. The van der Waals surface area contributed by atoms with E-state index in [1.165, 1.54) is 41.4 Å². The number of methoxy groups -OCH3 is 1. The highest BCUT2D eigenvalue weighted by Crippen LogP contribution is 2.38. The van der Waals surface area contributed by atoms with E-state index in [0.717, 1.165) is 12.8 Å². The lowest BCUT2D eigenvalue weighted by molar-refractivity contribution is -0.123. The van der Waals surface area contributed by atoms with Gasteiger partial charge in [-0.2, -0.15) is 5.10 Å². The number of amides is 2. The average Bonchev–Trinajstić information content (AvgIpc) is 3.40. The number of carbonyl (C=O) groups excluding carboxylic acids is 2. The molecule has 1 saturated heterocycles. The number of nitrogens with two attached hydrogens (primary N) is 1. The number of fused-ring (bicyclic) bond motifs is 1. The van der Waals surface area contributed by atoms with Crippen molar-refractivity contribution in [2.24, 2.45) is 11.7 Å². The van der Waals surface area contributed by atoms with Crippen molar-refractivity contribution >= 4 is 38.9 Å². The van der Waals surface area contributed by atoms with Crippen LogP contribution in [0.4, 0.5) is 14.6 Å². The molecular formula is C28H28F2N7O3Si. The second kappa shape index (κ2) is 10.9. The Morgan fingerprint density at radius 2 is 2.12 bits per heavy atom. The van der Waals surface area contributed by atoms with Gasteiger partial charge in [-0.15, -0.1) is 0 Å². The van der Waals surface area contributed by atoms with E-state index in [-0.39, 0.29) is 41.5 Å². The van der Waals surface area contributed by atoms with Gasteiger partial charge in [0.05, 0.1) is 45.6 Å². The van der Waals surface area contributed by atoms with Crippen molar-refractivity contribution in [1.82, 2.24) is 24.2 Å². The van der Waals surface area contributed by atoms with Gasteiger partial charge in [0.1, 0.15) is 29.0 Å². The Kier molecular flexibility index (Phi) is 7.44. The van der Waals surface area contributed by atoms with Crippen LogP contribution in [0.15, 0.2) is 37.0 Å². The van der Waals surface area contributed by atoms with Crippen molar-refractivity contribution in [2.75, 3.05) is 25.5 Å². The summed E-state index contributed by atoms with van der Waals surface area (Å²) in [4.78, 5) is 30.9. The molecule has 41 heavy (non-hydrogen) atoms. The predicted octanol–water partition coefficient (Wildman–Crippen LogP) is 2.58. The van der Waals surface area contributed by atoms with Crippen molar-refractivity contribution in [3.63, 3.8) is 0 Å². The molecule has 13 heteroatoms. The Morgan fingerprint density at radius 1 is 1.37 bits per heavy atom. The number of aromatic nitrogens is 4. The number of imidazole rings is 1. The van der Waals surface area contributed by atoms with Crippen LogP contribution in [-0.4, -0.2) is 66.5 Å². The Balaban J connectivity index is 1.64. The number of hydrogen-bond acceptors (Lipinski definition) is 6. The quantitative estimate of drug-likeness (QED) is 0.184. The highest BCUT2D eigenvalue weighted by molar-refractivity contribution is 6.15. The lowest BCUT2D eigenvalue weighted by Crippen LogP contribution is -2.40. The highest BCUT2D eigenvalue weighted by Gasteiger charge is 2.44. The Hall–Kier alpha value is -4.44. The van der Waals surface area contributed by atoms with Gasteiger partial charge < -0.3 is 25.3 Å². The molecule has 2 aliphatic rings. The number of primary amides is 1. The number of benzene rings is 1. The number of nitrogens with zero attached hydrogens (tertiary/aromatic N) is 5. The lowest BCUT2D eigenvalue weighted by atomic mass is 10.1. The second-order valence-electron chi connectivity index (χ2n) is 10.0. The maximum Gasteiger partial charge on any atom is 0.255 e. The fraction of sp³-hybridized carbons (Fsp3) is 0.357. The van der Waals surface area contributed by atoms with Crippen LogP contribution in [0, 0.1) is 29.4 Å². The van der Waals surface area contributed by atoms with Gasteiger partial charge in [0, 0.05) is 32.1 Å². The SMILES string of the molecule is C=CC(=O)N1C[C@@]([Si])(n2nc(C#Cc3c(F)cc4c(ncn4CC)c3F)c(C(N)=O)c2NCC2CC2)C/C1=C\OC. The molecule has 3 heterocycles. The van der Waals surface area contributed by atoms with Crippen molar-refractivity contribution < 1.29 is 23.1 Å². The molecule has 5 rings (SSSR count). The zero-order valence-electron chi connectivity index (χ0n) is 22.6. The van der Waals surface area contributed by atoms with Gasteiger partial charge in [-0.25, -0.2) is 18.4 Å². The molecule has 1 saturated carbocycles. The fourth-order valence-corrected chi connectivity index (χ4v) is 5.42. The summed E-state index contributed by atoms with van der Waals surface area (Å²) < 4.78 is 38.6. The monoisotopic (exact) mass is 576 g/mol. The molecule has 1 aliphatic carbocycles. The van der Waals surface area contributed by atoms with Crippen molar-refractivity contribution in [2.45, 2.75) is 37.9 Å². The molecule has 2 fully saturated rings. The molecule has 3 aromatic rings. The summed E-state index contributed by atoms with van der Waals surface area (Å²) in [6.45, 7) is 6.55. The first-order valence-corrected chi connectivity index (χ1v) is 13.5.